The lowest BCUT2D eigenvalue weighted by molar-refractivity contribution is 0.0692. The number of aliphatic hydroxyl groups is 1. The van der Waals surface area contributed by atoms with Gasteiger partial charge in [0.1, 0.15) is 5.69 Å². The molecule has 8 nitrogen and oxygen atoms in total. The molecule has 0 aliphatic carbocycles. The molecular formula is C16H21N5O3. The molecule has 4 N–H and O–H groups in total. The molecule has 0 saturated heterocycles. The van der Waals surface area contributed by atoms with E-state index >= 15 is 0 Å². The average Bonchev–Trinajstić information content (AvgIpc) is 2.94. The normalized spacial score (nSPS) is 11.2. The number of hydrogen-bond acceptors (Lipinski definition) is 5. The summed E-state index contributed by atoms with van der Waals surface area (Å²) in [5, 5.41) is 21.3. The largest absolute Gasteiger partial charge is 0.390 e. The molecular weight excluding hydrogens is 310 g/mol. The summed E-state index contributed by atoms with van der Waals surface area (Å²) in [7, 11) is 0. The summed E-state index contributed by atoms with van der Waals surface area (Å²) in [5.41, 5.74) is 0.758. The smallest absolute Gasteiger partial charge is 0.271 e. The van der Waals surface area contributed by atoms with Crippen molar-refractivity contribution in [1.82, 2.24) is 20.5 Å². The molecule has 2 heterocycles. The van der Waals surface area contributed by atoms with E-state index in [9.17, 15) is 14.7 Å². The van der Waals surface area contributed by atoms with E-state index < -0.39 is 11.5 Å². The van der Waals surface area contributed by atoms with Gasteiger partial charge in [0.25, 0.3) is 11.8 Å². The second-order valence-electron chi connectivity index (χ2n) is 6.12. The number of rotatable bonds is 6. The van der Waals surface area contributed by atoms with Crippen LogP contribution in [-0.4, -0.2) is 44.2 Å². The number of carbonyl (C=O) groups is 2. The van der Waals surface area contributed by atoms with Crippen LogP contribution >= 0.6 is 0 Å². The molecule has 0 aliphatic rings. The van der Waals surface area contributed by atoms with Crippen LogP contribution in [0, 0.1) is 6.92 Å². The van der Waals surface area contributed by atoms with Crippen LogP contribution in [-0.2, 0) is 0 Å². The van der Waals surface area contributed by atoms with Crippen LogP contribution in [0.25, 0.3) is 0 Å². The second kappa shape index (κ2) is 7.22. The zero-order chi connectivity index (χ0) is 17.7. The van der Waals surface area contributed by atoms with Crippen LogP contribution in [0.15, 0.2) is 24.5 Å². The summed E-state index contributed by atoms with van der Waals surface area (Å²) in [5.74, 6) is -0.788. The van der Waals surface area contributed by atoms with Crippen LogP contribution in [0.2, 0.25) is 0 Å². The van der Waals surface area contributed by atoms with Crippen LogP contribution in [0.4, 0.5) is 5.69 Å². The molecule has 0 radical (unpaired) electrons. The number of pyridine rings is 1. The van der Waals surface area contributed by atoms with Crippen LogP contribution in [0.5, 0.6) is 0 Å². The first-order valence-corrected chi connectivity index (χ1v) is 7.54. The summed E-state index contributed by atoms with van der Waals surface area (Å²) in [6, 6.07) is 3.38. The van der Waals surface area contributed by atoms with Crippen LogP contribution in [0.1, 0.15) is 46.8 Å². The number of nitrogens with one attached hydrogen (secondary N) is 3. The number of aromatic amines is 1. The zero-order valence-electron chi connectivity index (χ0n) is 13.9. The molecule has 0 aliphatic heterocycles. The number of H-pyrrole nitrogens is 1. The fraction of sp³-hybridized carbons (Fsp3) is 0.375. The van der Waals surface area contributed by atoms with Crippen molar-refractivity contribution in [2.45, 2.75) is 32.8 Å². The van der Waals surface area contributed by atoms with Gasteiger partial charge in [0.05, 0.1) is 23.0 Å². The monoisotopic (exact) mass is 331 g/mol. The molecule has 2 rings (SSSR count). The molecule has 0 spiro atoms. The zero-order valence-corrected chi connectivity index (χ0v) is 13.9. The van der Waals surface area contributed by atoms with Crippen molar-refractivity contribution in [2.24, 2.45) is 0 Å². The first kappa shape index (κ1) is 17.6. The maximum Gasteiger partial charge on any atom is 0.271 e. The summed E-state index contributed by atoms with van der Waals surface area (Å²) in [6.45, 7) is 5.46. The molecule has 128 valence electrons. The van der Waals surface area contributed by atoms with E-state index in [1.54, 1.807) is 26.0 Å². The van der Waals surface area contributed by atoms with Gasteiger partial charge < -0.3 is 15.7 Å². The lowest BCUT2D eigenvalue weighted by atomic mass is 10.1. The number of carbonyl (C=O) groups excluding carboxylic acids is 2. The highest BCUT2D eigenvalue weighted by molar-refractivity contribution is 6.08. The first-order valence-electron chi connectivity index (χ1n) is 7.54. The van der Waals surface area contributed by atoms with Crippen molar-refractivity contribution < 1.29 is 14.7 Å². The summed E-state index contributed by atoms with van der Waals surface area (Å²) in [4.78, 5) is 28.4. The molecule has 2 aromatic rings. The third kappa shape index (κ3) is 4.88. The predicted molar refractivity (Wildman–Crippen MR) is 88.8 cm³/mol. The molecule has 2 amide bonds. The van der Waals surface area contributed by atoms with E-state index in [0.29, 0.717) is 18.5 Å². The lowest BCUT2D eigenvalue weighted by Crippen LogP contribution is -2.31. The van der Waals surface area contributed by atoms with Gasteiger partial charge in [0.2, 0.25) is 0 Å². The van der Waals surface area contributed by atoms with Crippen molar-refractivity contribution in [3.05, 3.63) is 41.5 Å². The lowest BCUT2D eigenvalue weighted by Gasteiger charge is -2.16. The standard InChI is InChI=1S/C16H21N5O3/c1-10-4-5-11(8-18-10)14(22)20-12-9-19-21-13(12)15(23)17-7-6-16(2,3)24/h4-5,8-9,24H,6-7H2,1-3H3,(H,17,23)(H,19,21)(H,20,22). The summed E-state index contributed by atoms with van der Waals surface area (Å²) >= 11 is 0. The second-order valence-corrected chi connectivity index (χ2v) is 6.12. The molecule has 24 heavy (non-hydrogen) atoms. The van der Waals surface area contributed by atoms with Gasteiger partial charge in [-0.3, -0.25) is 19.7 Å². The fourth-order valence-corrected chi connectivity index (χ4v) is 1.92. The average molecular weight is 331 g/mol. The van der Waals surface area contributed by atoms with Gasteiger partial charge in [0.15, 0.2) is 0 Å². The molecule has 0 saturated carbocycles. The highest BCUT2D eigenvalue weighted by atomic mass is 16.3. The molecule has 0 unspecified atom stereocenters. The summed E-state index contributed by atoms with van der Waals surface area (Å²) < 4.78 is 0. The number of anilines is 1. The topological polar surface area (TPSA) is 120 Å². The van der Waals surface area contributed by atoms with Gasteiger partial charge in [-0.1, -0.05) is 0 Å². The van der Waals surface area contributed by atoms with E-state index in [4.69, 9.17) is 0 Å². The quantitative estimate of drug-likeness (QED) is 0.635. The molecule has 0 aromatic carbocycles. The Labute approximate surface area is 139 Å². The predicted octanol–water partition coefficient (Wildman–Crippen LogP) is 1.26. The maximum absolute atomic E-state index is 12.2. The van der Waals surface area contributed by atoms with E-state index in [0.717, 1.165) is 5.69 Å². The Balaban J connectivity index is 2.00. The maximum atomic E-state index is 12.2. The molecule has 0 atom stereocenters. The van der Waals surface area contributed by atoms with E-state index in [1.807, 2.05) is 6.92 Å². The minimum atomic E-state index is -0.864. The number of hydrogen-bond donors (Lipinski definition) is 4. The van der Waals surface area contributed by atoms with Gasteiger partial charge in [-0.15, -0.1) is 0 Å². The van der Waals surface area contributed by atoms with Crippen molar-refractivity contribution in [3.8, 4) is 0 Å². The van der Waals surface area contributed by atoms with Crippen molar-refractivity contribution in [2.75, 3.05) is 11.9 Å². The van der Waals surface area contributed by atoms with Gasteiger partial charge in [-0.25, -0.2) is 0 Å². The molecule has 8 heteroatoms. The third-order valence-corrected chi connectivity index (χ3v) is 3.31. The Morgan fingerprint density at radius 3 is 2.62 bits per heavy atom. The minimum absolute atomic E-state index is 0.152. The van der Waals surface area contributed by atoms with E-state index in [2.05, 4.69) is 25.8 Å². The van der Waals surface area contributed by atoms with Crippen LogP contribution in [0.3, 0.4) is 0 Å². The van der Waals surface area contributed by atoms with Crippen molar-refractivity contribution in [1.29, 1.82) is 0 Å². The van der Waals surface area contributed by atoms with Crippen molar-refractivity contribution >= 4 is 17.5 Å². The Kier molecular flexibility index (Phi) is 5.30. The number of aryl methyl sites for hydroxylation is 1. The van der Waals surface area contributed by atoms with Gasteiger partial charge in [-0.2, -0.15) is 5.10 Å². The SMILES string of the molecule is Cc1ccc(C(=O)Nc2cn[nH]c2C(=O)NCCC(C)(C)O)cn1. The first-order chi connectivity index (χ1) is 11.3. The molecule has 0 fully saturated rings. The number of aromatic nitrogens is 3. The fourth-order valence-electron chi connectivity index (χ4n) is 1.92. The van der Waals surface area contributed by atoms with Crippen LogP contribution < -0.4 is 10.6 Å². The van der Waals surface area contributed by atoms with Crippen molar-refractivity contribution in [3.63, 3.8) is 0 Å². The third-order valence-electron chi connectivity index (χ3n) is 3.31. The van der Waals surface area contributed by atoms with E-state index in [-0.39, 0.29) is 17.3 Å². The molecule has 0 bridgehead atoms. The van der Waals surface area contributed by atoms with E-state index in [1.165, 1.54) is 12.4 Å². The highest BCUT2D eigenvalue weighted by Gasteiger charge is 2.18. The number of nitrogens with zero attached hydrogens (tertiary/aromatic N) is 2. The Bertz CT molecular complexity index is 716. The molecule has 2 aromatic heterocycles. The summed E-state index contributed by atoms with van der Waals surface area (Å²) in [6.07, 6.45) is 3.24. The Morgan fingerprint density at radius 1 is 1.25 bits per heavy atom. The van der Waals surface area contributed by atoms with Gasteiger partial charge in [-0.05, 0) is 39.3 Å². The van der Waals surface area contributed by atoms with Gasteiger partial charge >= 0.3 is 0 Å². The highest BCUT2D eigenvalue weighted by Crippen LogP contribution is 2.14. The van der Waals surface area contributed by atoms with Gasteiger partial charge in [0, 0.05) is 18.4 Å². The Morgan fingerprint density at radius 2 is 2.00 bits per heavy atom. The Hall–Kier alpha value is -2.74. The number of amides is 2. The minimum Gasteiger partial charge on any atom is -0.390 e.